The molecule has 0 saturated carbocycles. The molecule has 8 heteroatoms. The highest BCUT2D eigenvalue weighted by molar-refractivity contribution is 5.92. The lowest BCUT2D eigenvalue weighted by Gasteiger charge is -2.27. The first-order valence-electron chi connectivity index (χ1n) is 4.30. The highest BCUT2D eigenvalue weighted by atomic mass is 16.6. The lowest BCUT2D eigenvalue weighted by Crippen LogP contribution is -2.57. The van der Waals surface area contributed by atoms with E-state index in [4.69, 9.17) is 0 Å². The number of hydrazine groups is 1. The largest absolute Gasteiger partial charge is 0.326 e. The molecule has 0 fully saturated rings. The van der Waals surface area contributed by atoms with E-state index in [9.17, 15) is 14.9 Å². The quantitative estimate of drug-likeness (QED) is 0.458. The van der Waals surface area contributed by atoms with E-state index in [2.05, 4.69) is 10.4 Å². The molecule has 1 amide bonds. The molecular weight excluding hydrogens is 202 g/mol. The fraction of sp³-hybridized carbons (Fsp3) is 0.714. The van der Waals surface area contributed by atoms with Gasteiger partial charge < -0.3 is 4.90 Å². The summed E-state index contributed by atoms with van der Waals surface area (Å²) >= 11 is 0. The highest BCUT2D eigenvalue weighted by Gasteiger charge is 2.43. The van der Waals surface area contributed by atoms with Gasteiger partial charge in [0.05, 0.1) is 6.34 Å². The number of rotatable bonds is 3. The maximum absolute atomic E-state index is 11.5. The van der Waals surface area contributed by atoms with Gasteiger partial charge in [-0.3, -0.25) is 14.9 Å². The van der Waals surface area contributed by atoms with E-state index in [0.717, 1.165) is 4.90 Å². The first kappa shape index (κ1) is 11.5. The standard InChI is InChI=1S/C7H13N5O3/c1-10(2)9-6-5(12(14)15)7(13)11(3)4-8-6/h4-6,9H,1-3H3/t5-,6+/m1/s1. The van der Waals surface area contributed by atoms with Gasteiger partial charge in [0.25, 0.3) is 0 Å². The lowest BCUT2D eigenvalue weighted by atomic mass is 10.2. The SMILES string of the molecule is CN(C)N[C@@H]1N=CN(C)C(=O)[C@@H]1[N+](=O)[O-]. The minimum absolute atomic E-state index is 0.575. The van der Waals surface area contributed by atoms with Crippen LogP contribution in [0.4, 0.5) is 0 Å². The van der Waals surface area contributed by atoms with E-state index in [1.54, 1.807) is 14.1 Å². The number of aliphatic imine (C=N–C) groups is 1. The number of amides is 1. The van der Waals surface area contributed by atoms with Gasteiger partial charge in [-0.25, -0.2) is 15.4 Å². The van der Waals surface area contributed by atoms with Crippen molar-refractivity contribution in [3.63, 3.8) is 0 Å². The molecule has 15 heavy (non-hydrogen) atoms. The minimum Gasteiger partial charge on any atom is -0.300 e. The summed E-state index contributed by atoms with van der Waals surface area (Å²) in [6.45, 7) is 0. The van der Waals surface area contributed by atoms with Crippen molar-refractivity contribution in [2.24, 2.45) is 4.99 Å². The first-order chi connectivity index (χ1) is 6.93. The fourth-order valence-electron chi connectivity index (χ4n) is 1.23. The molecule has 0 unspecified atom stereocenters. The van der Waals surface area contributed by atoms with E-state index >= 15 is 0 Å². The fourth-order valence-corrected chi connectivity index (χ4v) is 1.23. The van der Waals surface area contributed by atoms with E-state index in [0.29, 0.717) is 0 Å². The zero-order valence-electron chi connectivity index (χ0n) is 8.75. The van der Waals surface area contributed by atoms with Crippen LogP contribution in [0.1, 0.15) is 0 Å². The van der Waals surface area contributed by atoms with Crippen LogP contribution >= 0.6 is 0 Å². The molecule has 0 aromatic carbocycles. The molecule has 0 radical (unpaired) electrons. The second-order valence-corrected chi connectivity index (χ2v) is 3.41. The number of carbonyl (C=O) groups is 1. The molecule has 0 aliphatic carbocycles. The zero-order valence-corrected chi connectivity index (χ0v) is 8.75. The third-order valence-electron chi connectivity index (χ3n) is 1.92. The van der Waals surface area contributed by atoms with Gasteiger partial charge in [0.2, 0.25) is 0 Å². The third kappa shape index (κ3) is 2.48. The average Bonchev–Trinajstić information content (AvgIpc) is 2.10. The van der Waals surface area contributed by atoms with Crippen molar-refractivity contribution in [1.29, 1.82) is 0 Å². The molecule has 0 aromatic rings. The topological polar surface area (TPSA) is 91.1 Å². The minimum atomic E-state index is -1.37. The summed E-state index contributed by atoms with van der Waals surface area (Å²) < 4.78 is 0. The molecule has 2 atom stereocenters. The Morgan fingerprint density at radius 1 is 1.67 bits per heavy atom. The summed E-state index contributed by atoms with van der Waals surface area (Å²) in [4.78, 5) is 26.6. The first-order valence-corrected chi connectivity index (χ1v) is 4.30. The van der Waals surface area contributed by atoms with E-state index < -0.39 is 23.0 Å². The Kier molecular flexibility index (Phi) is 3.32. The van der Waals surface area contributed by atoms with Gasteiger partial charge in [-0.2, -0.15) is 0 Å². The van der Waals surface area contributed by atoms with Crippen LogP contribution in [-0.2, 0) is 4.79 Å². The number of nitrogens with zero attached hydrogens (tertiary/aromatic N) is 4. The number of hydrogen-bond acceptors (Lipinski definition) is 6. The summed E-state index contributed by atoms with van der Waals surface area (Å²) in [5.41, 5.74) is 2.71. The van der Waals surface area contributed by atoms with Gasteiger partial charge in [0, 0.05) is 26.1 Å². The Bertz CT molecular complexity index is 303. The Hall–Kier alpha value is -1.54. The number of hydrogen-bond donors (Lipinski definition) is 1. The second kappa shape index (κ2) is 4.32. The Morgan fingerprint density at radius 2 is 2.27 bits per heavy atom. The number of nitro groups is 1. The van der Waals surface area contributed by atoms with Gasteiger partial charge >= 0.3 is 11.9 Å². The summed E-state index contributed by atoms with van der Waals surface area (Å²) in [5.74, 6) is -0.575. The average molecular weight is 215 g/mol. The van der Waals surface area contributed by atoms with Crippen LogP contribution in [0.3, 0.4) is 0 Å². The summed E-state index contributed by atoms with van der Waals surface area (Å²) in [6, 6.07) is -1.37. The van der Waals surface area contributed by atoms with Crippen molar-refractivity contribution in [1.82, 2.24) is 15.3 Å². The van der Waals surface area contributed by atoms with Crippen LogP contribution in [0, 0.1) is 10.1 Å². The predicted octanol–water partition coefficient (Wildman–Crippen LogP) is -1.48. The van der Waals surface area contributed by atoms with Crippen LogP contribution in [0.15, 0.2) is 4.99 Å². The van der Waals surface area contributed by atoms with Crippen molar-refractivity contribution >= 4 is 12.2 Å². The normalized spacial score (nSPS) is 26.1. The lowest BCUT2D eigenvalue weighted by molar-refractivity contribution is -0.514. The maximum atomic E-state index is 11.5. The van der Waals surface area contributed by atoms with E-state index in [1.165, 1.54) is 18.4 Å². The molecule has 1 aliphatic heterocycles. The molecular formula is C7H13N5O3. The molecule has 0 saturated heterocycles. The molecule has 8 nitrogen and oxygen atoms in total. The third-order valence-corrected chi connectivity index (χ3v) is 1.92. The van der Waals surface area contributed by atoms with Gasteiger partial charge in [-0.15, -0.1) is 0 Å². The Morgan fingerprint density at radius 3 is 2.73 bits per heavy atom. The Balaban J connectivity index is 2.89. The van der Waals surface area contributed by atoms with Crippen LogP contribution in [-0.4, -0.2) is 60.4 Å². The van der Waals surface area contributed by atoms with Crippen LogP contribution < -0.4 is 5.43 Å². The van der Waals surface area contributed by atoms with Crippen molar-refractivity contribution in [2.45, 2.75) is 12.2 Å². The summed E-state index contributed by atoms with van der Waals surface area (Å²) in [6.07, 6.45) is 0.433. The second-order valence-electron chi connectivity index (χ2n) is 3.41. The number of nitrogens with one attached hydrogen (secondary N) is 1. The van der Waals surface area contributed by atoms with Crippen LogP contribution in [0.25, 0.3) is 0 Å². The van der Waals surface area contributed by atoms with Gasteiger partial charge in [0.1, 0.15) is 0 Å². The van der Waals surface area contributed by atoms with Crippen LogP contribution in [0.2, 0.25) is 0 Å². The molecule has 1 aliphatic rings. The summed E-state index contributed by atoms with van der Waals surface area (Å²) in [5, 5.41) is 12.3. The number of carbonyl (C=O) groups excluding carboxylic acids is 1. The molecule has 1 N–H and O–H groups in total. The monoisotopic (exact) mass is 215 g/mol. The molecule has 0 aromatic heterocycles. The highest BCUT2D eigenvalue weighted by Crippen LogP contribution is 2.08. The zero-order chi connectivity index (χ0) is 11.6. The van der Waals surface area contributed by atoms with Crippen molar-refractivity contribution in [3.05, 3.63) is 10.1 Å². The molecule has 1 rings (SSSR count). The van der Waals surface area contributed by atoms with Crippen LogP contribution in [0.5, 0.6) is 0 Å². The molecule has 84 valence electrons. The van der Waals surface area contributed by atoms with Crippen molar-refractivity contribution in [2.75, 3.05) is 21.1 Å². The maximum Gasteiger partial charge on any atom is 0.326 e. The Labute approximate surface area is 86.7 Å². The number of likely N-dealkylation sites (N-methyl/N-ethyl adjacent to an activating group) is 1. The van der Waals surface area contributed by atoms with E-state index in [1.807, 2.05) is 0 Å². The van der Waals surface area contributed by atoms with Crippen molar-refractivity contribution in [3.8, 4) is 0 Å². The molecule has 1 heterocycles. The van der Waals surface area contributed by atoms with Crippen molar-refractivity contribution < 1.29 is 9.72 Å². The van der Waals surface area contributed by atoms with Gasteiger partial charge in [-0.05, 0) is 0 Å². The van der Waals surface area contributed by atoms with E-state index in [-0.39, 0.29) is 0 Å². The summed E-state index contributed by atoms with van der Waals surface area (Å²) in [7, 11) is 4.79. The van der Waals surface area contributed by atoms with Gasteiger partial charge in [-0.1, -0.05) is 0 Å². The predicted molar refractivity (Wildman–Crippen MR) is 52.7 cm³/mol. The van der Waals surface area contributed by atoms with Gasteiger partial charge in [0.15, 0.2) is 6.17 Å². The smallest absolute Gasteiger partial charge is 0.300 e. The molecule has 0 spiro atoms. The molecule has 0 bridgehead atoms.